The van der Waals surface area contributed by atoms with Crippen LogP contribution in [0.5, 0.6) is 0 Å². The average molecular weight is 283 g/mol. The smallest absolute Gasteiger partial charge is 0.286 e. The number of halogens is 4. The molecule has 1 rings (SSSR count). The van der Waals surface area contributed by atoms with Gasteiger partial charge in [-0.2, -0.15) is 8.78 Å². The minimum Gasteiger partial charge on any atom is -0.286 e. The van der Waals surface area contributed by atoms with Crippen LogP contribution in [0.3, 0.4) is 0 Å². The predicted octanol–water partition coefficient (Wildman–Crippen LogP) is 3.82. The number of carbonyl (C=O) groups is 1. The third-order valence-electron chi connectivity index (χ3n) is 1.77. The lowest BCUT2D eigenvalue weighted by molar-refractivity contribution is 0.0592. The molecular weight excluding hydrogens is 277 g/mol. The van der Waals surface area contributed by atoms with Gasteiger partial charge in [-0.15, -0.1) is 0 Å². The standard InChI is InChI=1S/C9H6BrClF2O/c1-5-6(3-2-4-7(5)11)8(14)9(10,12)13/h2-4H,1H3. The topological polar surface area (TPSA) is 17.1 Å². The van der Waals surface area contributed by atoms with Crippen molar-refractivity contribution in [1.29, 1.82) is 0 Å². The quantitative estimate of drug-likeness (QED) is 0.596. The van der Waals surface area contributed by atoms with Crippen LogP contribution >= 0.6 is 27.5 Å². The van der Waals surface area contributed by atoms with E-state index in [-0.39, 0.29) is 5.56 Å². The van der Waals surface area contributed by atoms with Gasteiger partial charge in [0.15, 0.2) is 0 Å². The Morgan fingerprint density at radius 2 is 2.07 bits per heavy atom. The summed E-state index contributed by atoms with van der Waals surface area (Å²) in [5.74, 6) is -1.28. The summed E-state index contributed by atoms with van der Waals surface area (Å²) in [5, 5.41) is 0.299. The molecule has 0 saturated carbocycles. The van der Waals surface area contributed by atoms with Crippen molar-refractivity contribution in [2.75, 3.05) is 0 Å². The molecule has 0 heterocycles. The maximum absolute atomic E-state index is 12.6. The van der Waals surface area contributed by atoms with Crippen LogP contribution in [0, 0.1) is 6.92 Å². The number of hydrogen-bond acceptors (Lipinski definition) is 1. The molecule has 0 aliphatic carbocycles. The molecule has 1 nitrogen and oxygen atoms in total. The van der Waals surface area contributed by atoms with Gasteiger partial charge in [0.25, 0.3) is 0 Å². The first-order valence-electron chi connectivity index (χ1n) is 3.70. The Morgan fingerprint density at radius 1 is 1.50 bits per heavy atom. The third-order valence-corrected chi connectivity index (χ3v) is 2.54. The second-order valence-corrected chi connectivity index (χ2v) is 4.14. The second-order valence-electron chi connectivity index (χ2n) is 2.74. The normalized spacial score (nSPS) is 11.5. The van der Waals surface area contributed by atoms with Crippen molar-refractivity contribution in [3.05, 3.63) is 34.3 Å². The van der Waals surface area contributed by atoms with Crippen LogP contribution in [0.4, 0.5) is 8.78 Å². The van der Waals surface area contributed by atoms with E-state index in [9.17, 15) is 13.6 Å². The number of benzene rings is 1. The summed E-state index contributed by atoms with van der Waals surface area (Å²) < 4.78 is 25.3. The molecule has 0 unspecified atom stereocenters. The van der Waals surface area contributed by atoms with Gasteiger partial charge in [-0.05, 0) is 34.5 Å². The molecule has 0 aliphatic heterocycles. The summed E-state index contributed by atoms with van der Waals surface area (Å²) in [7, 11) is 0. The Balaban J connectivity index is 3.21. The number of Topliss-reactive ketones (excluding diaryl/α,β-unsaturated/α-hetero) is 1. The number of hydrogen-bond donors (Lipinski definition) is 0. The van der Waals surface area contributed by atoms with Crippen molar-refractivity contribution < 1.29 is 13.6 Å². The first-order valence-corrected chi connectivity index (χ1v) is 4.88. The van der Waals surface area contributed by atoms with Crippen molar-refractivity contribution in [3.63, 3.8) is 0 Å². The summed E-state index contributed by atoms with van der Waals surface area (Å²) in [6.07, 6.45) is 0. The van der Waals surface area contributed by atoms with Crippen LogP contribution in [0.1, 0.15) is 15.9 Å². The molecule has 0 bridgehead atoms. The fourth-order valence-corrected chi connectivity index (χ4v) is 1.39. The van der Waals surface area contributed by atoms with Gasteiger partial charge in [0.2, 0.25) is 5.78 Å². The van der Waals surface area contributed by atoms with Gasteiger partial charge in [0.1, 0.15) is 0 Å². The first kappa shape index (κ1) is 11.6. The lowest BCUT2D eigenvalue weighted by atomic mass is 10.1. The molecule has 5 heteroatoms. The SMILES string of the molecule is Cc1c(Cl)cccc1C(=O)C(F)(F)Br. The Kier molecular flexibility index (Phi) is 3.27. The molecule has 0 radical (unpaired) electrons. The lowest BCUT2D eigenvalue weighted by Gasteiger charge is -2.09. The first-order chi connectivity index (χ1) is 6.34. The van der Waals surface area contributed by atoms with Gasteiger partial charge in [-0.1, -0.05) is 23.7 Å². The lowest BCUT2D eigenvalue weighted by Crippen LogP contribution is -2.21. The summed E-state index contributed by atoms with van der Waals surface area (Å²) in [5.41, 5.74) is 0.290. The molecule has 0 aromatic heterocycles. The van der Waals surface area contributed by atoms with Crippen LogP contribution in [0.25, 0.3) is 0 Å². The Hall–Kier alpha value is -0.480. The highest BCUT2D eigenvalue weighted by Gasteiger charge is 2.36. The highest BCUT2D eigenvalue weighted by atomic mass is 79.9. The van der Waals surface area contributed by atoms with Gasteiger partial charge in [0, 0.05) is 10.6 Å². The number of carbonyl (C=O) groups excluding carboxylic acids is 1. The van der Waals surface area contributed by atoms with Crippen molar-refractivity contribution in [2.45, 2.75) is 11.8 Å². The van der Waals surface area contributed by atoms with E-state index in [1.807, 2.05) is 15.9 Å². The average Bonchev–Trinajstić information content (AvgIpc) is 2.07. The molecule has 0 fully saturated rings. The highest BCUT2D eigenvalue weighted by Crippen LogP contribution is 2.29. The van der Waals surface area contributed by atoms with Gasteiger partial charge in [0.05, 0.1) is 0 Å². The third kappa shape index (κ3) is 2.30. The van der Waals surface area contributed by atoms with E-state index < -0.39 is 10.6 Å². The Bertz CT molecular complexity index is 374. The van der Waals surface area contributed by atoms with Gasteiger partial charge in [-0.25, -0.2) is 0 Å². The van der Waals surface area contributed by atoms with Crippen LogP contribution in [-0.2, 0) is 0 Å². The molecule has 0 amide bonds. The molecule has 0 aliphatic rings. The summed E-state index contributed by atoms with van der Waals surface area (Å²) in [4.78, 5) is 7.64. The minimum atomic E-state index is -3.54. The zero-order valence-corrected chi connectivity index (χ0v) is 9.49. The fraction of sp³-hybridized carbons (Fsp3) is 0.222. The molecule has 0 spiro atoms. The van der Waals surface area contributed by atoms with Gasteiger partial charge in [-0.3, -0.25) is 4.79 Å². The summed E-state index contributed by atoms with van der Waals surface area (Å²) in [6.45, 7) is 1.52. The maximum Gasteiger partial charge on any atom is 0.363 e. The number of alkyl halides is 3. The minimum absolute atomic E-state index is 0.0700. The van der Waals surface area contributed by atoms with Crippen molar-refractivity contribution >= 4 is 33.3 Å². The molecule has 1 aromatic rings. The van der Waals surface area contributed by atoms with Crippen LogP contribution < -0.4 is 0 Å². The molecule has 0 N–H and O–H groups in total. The van der Waals surface area contributed by atoms with E-state index in [4.69, 9.17) is 11.6 Å². The van der Waals surface area contributed by atoms with Crippen LogP contribution in [-0.4, -0.2) is 10.6 Å². The zero-order valence-electron chi connectivity index (χ0n) is 7.15. The molecule has 0 atom stereocenters. The van der Waals surface area contributed by atoms with E-state index in [1.165, 1.54) is 19.1 Å². The van der Waals surface area contributed by atoms with Gasteiger partial charge >= 0.3 is 4.83 Å². The Labute approximate surface area is 93.2 Å². The Morgan fingerprint density at radius 3 is 2.57 bits per heavy atom. The van der Waals surface area contributed by atoms with E-state index in [1.54, 1.807) is 6.07 Å². The monoisotopic (exact) mass is 282 g/mol. The van der Waals surface area contributed by atoms with E-state index in [2.05, 4.69) is 0 Å². The maximum atomic E-state index is 12.6. The largest absolute Gasteiger partial charge is 0.363 e. The number of ketones is 1. The fourth-order valence-electron chi connectivity index (χ4n) is 1.01. The van der Waals surface area contributed by atoms with E-state index in [0.29, 0.717) is 10.6 Å². The van der Waals surface area contributed by atoms with Crippen LogP contribution in [0.15, 0.2) is 18.2 Å². The second kappa shape index (κ2) is 3.95. The van der Waals surface area contributed by atoms with Crippen molar-refractivity contribution in [3.8, 4) is 0 Å². The molecule has 76 valence electrons. The molecule has 1 aromatic carbocycles. The summed E-state index contributed by atoms with van der Waals surface area (Å²) in [6, 6.07) is 4.32. The molecular formula is C9H6BrClF2O. The van der Waals surface area contributed by atoms with E-state index in [0.717, 1.165) is 0 Å². The van der Waals surface area contributed by atoms with Gasteiger partial charge < -0.3 is 0 Å². The molecule has 14 heavy (non-hydrogen) atoms. The summed E-state index contributed by atoms with van der Waals surface area (Å²) >= 11 is 7.71. The van der Waals surface area contributed by atoms with Crippen LogP contribution in [0.2, 0.25) is 5.02 Å². The number of rotatable bonds is 2. The molecule has 0 saturated heterocycles. The zero-order chi connectivity index (χ0) is 10.9. The van der Waals surface area contributed by atoms with Crippen molar-refractivity contribution in [2.24, 2.45) is 0 Å². The van der Waals surface area contributed by atoms with E-state index >= 15 is 0 Å². The highest BCUT2D eigenvalue weighted by molar-refractivity contribution is 9.10. The predicted molar refractivity (Wildman–Crippen MR) is 54.4 cm³/mol. The van der Waals surface area contributed by atoms with Crippen molar-refractivity contribution in [1.82, 2.24) is 0 Å².